The molecule has 1 fully saturated rings. The summed E-state index contributed by atoms with van der Waals surface area (Å²) in [5, 5.41) is 0.487. The van der Waals surface area contributed by atoms with E-state index in [1.165, 1.54) is 4.90 Å². The third-order valence-corrected chi connectivity index (χ3v) is 3.57. The van der Waals surface area contributed by atoms with Crippen LogP contribution >= 0.6 is 11.6 Å². The van der Waals surface area contributed by atoms with Crippen molar-refractivity contribution < 1.29 is 18.7 Å². The number of likely N-dealkylation sites (tertiary alicyclic amines) is 1. The Balaban J connectivity index is 1.99. The first-order valence-electron chi connectivity index (χ1n) is 7.27. The Kier molecular flexibility index (Phi) is 5.16. The van der Waals surface area contributed by atoms with Gasteiger partial charge in [-0.15, -0.1) is 0 Å². The molecule has 122 valence electrons. The maximum absolute atomic E-state index is 13.7. The number of para-hydroxylation sites is 1. The Bertz CT molecular complexity index is 532. The summed E-state index contributed by atoms with van der Waals surface area (Å²) in [6.07, 6.45) is -1.34. The average molecular weight is 330 g/mol. The fraction of sp³-hybridized carbons (Fsp3) is 0.562. The quantitative estimate of drug-likeness (QED) is 0.839. The van der Waals surface area contributed by atoms with Crippen LogP contribution < -0.4 is 4.74 Å². The molecule has 0 saturated carbocycles. The zero-order valence-electron chi connectivity index (χ0n) is 13.0. The number of hydrogen-bond acceptors (Lipinski definition) is 3. The van der Waals surface area contributed by atoms with Crippen molar-refractivity contribution in [2.45, 2.75) is 45.0 Å². The molecule has 1 aliphatic heterocycles. The molecule has 0 radical (unpaired) electrons. The van der Waals surface area contributed by atoms with E-state index in [1.807, 2.05) is 0 Å². The van der Waals surface area contributed by atoms with Crippen molar-refractivity contribution in [3.8, 4) is 5.75 Å². The number of nitrogens with zero attached hydrogens (tertiary/aromatic N) is 1. The summed E-state index contributed by atoms with van der Waals surface area (Å²) >= 11 is 6.02. The van der Waals surface area contributed by atoms with Crippen molar-refractivity contribution in [2.24, 2.45) is 0 Å². The molecule has 1 saturated heterocycles. The van der Waals surface area contributed by atoms with E-state index in [4.69, 9.17) is 21.1 Å². The molecule has 0 aromatic heterocycles. The zero-order chi connectivity index (χ0) is 16.3. The molecule has 1 aromatic carbocycles. The van der Waals surface area contributed by atoms with Crippen molar-refractivity contribution >= 4 is 17.7 Å². The molecule has 2 rings (SSSR count). The topological polar surface area (TPSA) is 38.8 Å². The Morgan fingerprint density at radius 2 is 2.09 bits per heavy atom. The first-order chi connectivity index (χ1) is 10.3. The number of carbonyl (C=O) groups excluding carboxylic acids is 1. The minimum absolute atomic E-state index is 0.0332. The van der Waals surface area contributed by atoms with E-state index in [1.54, 1.807) is 45.0 Å². The highest BCUT2D eigenvalue weighted by Gasteiger charge is 2.38. The Morgan fingerprint density at radius 3 is 2.73 bits per heavy atom. The van der Waals surface area contributed by atoms with Crippen molar-refractivity contribution in [1.82, 2.24) is 4.90 Å². The largest absolute Gasteiger partial charge is 0.490 e. The minimum Gasteiger partial charge on any atom is -0.490 e. The highest BCUT2D eigenvalue weighted by molar-refractivity contribution is 6.32. The van der Waals surface area contributed by atoms with Crippen molar-refractivity contribution in [3.63, 3.8) is 0 Å². The van der Waals surface area contributed by atoms with E-state index >= 15 is 0 Å². The first-order valence-corrected chi connectivity index (χ1v) is 7.65. The van der Waals surface area contributed by atoms with Gasteiger partial charge in [0, 0.05) is 6.42 Å². The number of hydrogen-bond donors (Lipinski definition) is 0. The van der Waals surface area contributed by atoms with E-state index in [0.29, 0.717) is 10.8 Å². The van der Waals surface area contributed by atoms with Gasteiger partial charge in [-0.25, -0.2) is 9.18 Å². The van der Waals surface area contributed by atoms with Gasteiger partial charge in [0.25, 0.3) is 0 Å². The lowest BCUT2D eigenvalue weighted by Crippen LogP contribution is -2.42. The standard InChI is InChI=1S/C16H21ClFNO3/c1-16(2,3)22-15(20)19-9-11(18)8-12(19)10-21-14-7-5-4-6-13(14)17/h4-7,11-12H,8-10H2,1-3H3/t11-,12+/m0/s1. The molecule has 6 heteroatoms. The van der Waals surface area contributed by atoms with Crippen LogP contribution in [0.25, 0.3) is 0 Å². The molecule has 0 spiro atoms. The van der Waals surface area contributed by atoms with E-state index < -0.39 is 17.9 Å². The van der Waals surface area contributed by atoms with Crippen molar-refractivity contribution in [1.29, 1.82) is 0 Å². The predicted octanol–water partition coefficient (Wildman–Crippen LogP) is 4.07. The maximum Gasteiger partial charge on any atom is 0.410 e. The molecule has 0 aliphatic carbocycles. The summed E-state index contributed by atoms with van der Waals surface area (Å²) in [7, 11) is 0. The van der Waals surface area contributed by atoms with E-state index in [0.717, 1.165) is 0 Å². The van der Waals surface area contributed by atoms with Gasteiger partial charge < -0.3 is 9.47 Å². The number of ether oxygens (including phenoxy) is 2. The first kappa shape index (κ1) is 16.9. The zero-order valence-corrected chi connectivity index (χ0v) is 13.8. The molecule has 4 nitrogen and oxygen atoms in total. The van der Waals surface area contributed by atoms with Crippen LogP contribution in [0.1, 0.15) is 27.2 Å². The van der Waals surface area contributed by atoms with Crippen LogP contribution in [0, 0.1) is 0 Å². The third-order valence-electron chi connectivity index (χ3n) is 3.26. The number of amides is 1. The highest BCUT2D eigenvalue weighted by Crippen LogP contribution is 2.27. The van der Waals surface area contributed by atoms with Crippen molar-refractivity contribution in [2.75, 3.05) is 13.2 Å². The summed E-state index contributed by atoms with van der Waals surface area (Å²) in [4.78, 5) is 13.5. The number of alkyl halides is 1. The van der Waals surface area contributed by atoms with Crippen molar-refractivity contribution in [3.05, 3.63) is 29.3 Å². The second kappa shape index (κ2) is 6.73. The lowest BCUT2D eigenvalue weighted by molar-refractivity contribution is 0.0181. The van der Waals surface area contributed by atoms with Gasteiger partial charge in [-0.3, -0.25) is 4.90 Å². The van der Waals surface area contributed by atoms with Crippen LogP contribution in [0.5, 0.6) is 5.75 Å². The Hall–Kier alpha value is -1.49. The van der Waals surface area contributed by atoms with Crippen LogP contribution in [0.2, 0.25) is 5.02 Å². The number of carbonyl (C=O) groups is 1. The van der Waals surface area contributed by atoms with Gasteiger partial charge in [0.2, 0.25) is 0 Å². The van der Waals surface area contributed by atoms with Gasteiger partial charge in [0.1, 0.15) is 24.1 Å². The monoisotopic (exact) mass is 329 g/mol. The molecule has 0 N–H and O–H groups in total. The maximum atomic E-state index is 13.7. The molecule has 1 amide bonds. The van der Waals surface area contributed by atoms with Gasteiger partial charge in [-0.1, -0.05) is 23.7 Å². The second-order valence-corrected chi connectivity index (χ2v) is 6.77. The molecule has 22 heavy (non-hydrogen) atoms. The molecular weight excluding hydrogens is 309 g/mol. The molecule has 2 atom stereocenters. The smallest absolute Gasteiger partial charge is 0.410 e. The van der Waals surface area contributed by atoms with Crippen LogP contribution in [-0.2, 0) is 4.74 Å². The van der Waals surface area contributed by atoms with Gasteiger partial charge in [-0.05, 0) is 32.9 Å². The fourth-order valence-corrected chi connectivity index (χ4v) is 2.50. The summed E-state index contributed by atoms with van der Waals surface area (Å²) in [6, 6.07) is 6.70. The average Bonchev–Trinajstić information content (AvgIpc) is 2.77. The molecule has 1 aromatic rings. The van der Waals surface area contributed by atoms with E-state index in [-0.39, 0.29) is 25.6 Å². The van der Waals surface area contributed by atoms with E-state index in [9.17, 15) is 9.18 Å². The number of benzene rings is 1. The number of halogens is 2. The summed E-state index contributed by atoms with van der Waals surface area (Å²) in [5.41, 5.74) is -0.611. The van der Waals surface area contributed by atoms with Gasteiger partial charge in [0.05, 0.1) is 17.6 Å². The van der Waals surface area contributed by atoms with E-state index in [2.05, 4.69) is 0 Å². The van der Waals surface area contributed by atoms with Crippen LogP contribution in [0.4, 0.5) is 9.18 Å². The van der Waals surface area contributed by atoms with Crippen LogP contribution in [-0.4, -0.2) is 42.0 Å². The predicted molar refractivity (Wildman–Crippen MR) is 83.2 cm³/mol. The number of rotatable bonds is 3. The van der Waals surface area contributed by atoms with Gasteiger partial charge >= 0.3 is 6.09 Å². The SMILES string of the molecule is CC(C)(C)OC(=O)N1C[C@@H](F)C[C@@H]1COc1ccccc1Cl. The summed E-state index contributed by atoms with van der Waals surface area (Å²) < 4.78 is 24.6. The molecule has 1 heterocycles. The summed E-state index contributed by atoms with van der Waals surface area (Å²) in [5.74, 6) is 0.524. The van der Waals surface area contributed by atoms with Gasteiger partial charge in [-0.2, -0.15) is 0 Å². The molecule has 0 bridgehead atoms. The third kappa shape index (κ3) is 4.50. The molecular formula is C16H21ClFNO3. The normalized spacial score (nSPS) is 21.8. The van der Waals surface area contributed by atoms with Crippen LogP contribution in [0.15, 0.2) is 24.3 Å². The molecule has 1 aliphatic rings. The lowest BCUT2D eigenvalue weighted by atomic mass is 10.2. The highest BCUT2D eigenvalue weighted by atomic mass is 35.5. The molecule has 0 unspecified atom stereocenters. The second-order valence-electron chi connectivity index (χ2n) is 6.36. The van der Waals surface area contributed by atoms with Crippen LogP contribution in [0.3, 0.4) is 0 Å². The summed E-state index contributed by atoms with van der Waals surface area (Å²) in [6.45, 7) is 5.56. The minimum atomic E-state index is -1.06. The lowest BCUT2D eigenvalue weighted by Gasteiger charge is -2.28. The van der Waals surface area contributed by atoms with Gasteiger partial charge in [0.15, 0.2) is 0 Å². The Labute approximate surface area is 135 Å². The fourth-order valence-electron chi connectivity index (χ4n) is 2.31. The Morgan fingerprint density at radius 1 is 1.41 bits per heavy atom.